The van der Waals surface area contributed by atoms with E-state index in [0.717, 1.165) is 6.07 Å². The molecule has 2 rings (SSSR count). The maximum atomic E-state index is 13.0. The van der Waals surface area contributed by atoms with Crippen molar-refractivity contribution in [1.29, 1.82) is 0 Å². The summed E-state index contributed by atoms with van der Waals surface area (Å²) in [5, 5.41) is 9.15. The standard InChI is InChI=1S/C14H15F3O3/c1-13(2)9(10(13)12(18)19)7-5-4-6-8(11(7)20-3)14(15,16)17/h4-6,9-10H,1-3H3,(H,18,19). The zero-order valence-electron chi connectivity index (χ0n) is 11.3. The van der Waals surface area contributed by atoms with Crippen LogP contribution in [0.3, 0.4) is 0 Å². The molecule has 110 valence electrons. The van der Waals surface area contributed by atoms with Gasteiger partial charge in [-0.25, -0.2) is 0 Å². The van der Waals surface area contributed by atoms with Crippen molar-refractivity contribution >= 4 is 5.97 Å². The van der Waals surface area contributed by atoms with Crippen LogP contribution in [0.4, 0.5) is 13.2 Å². The quantitative estimate of drug-likeness (QED) is 0.925. The van der Waals surface area contributed by atoms with E-state index in [1.807, 2.05) is 0 Å². The van der Waals surface area contributed by atoms with Gasteiger partial charge in [0, 0.05) is 5.92 Å². The molecular formula is C14H15F3O3. The average molecular weight is 288 g/mol. The molecule has 0 amide bonds. The van der Waals surface area contributed by atoms with Crippen LogP contribution in [0, 0.1) is 11.3 Å². The van der Waals surface area contributed by atoms with E-state index in [-0.39, 0.29) is 5.75 Å². The molecule has 2 atom stereocenters. The number of rotatable bonds is 3. The second kappa shape index (κ2) is 4.40. The van der Waals surface area contributed by atoms with Gasteiger partial charge in [0.15, 0.2) is 0 Å². The van der Waals surface area contributed by atoms with E-state index >= 15 is 0 Å². The molecule has 0 bridgehead atoms. The lowest BCUT2D eigenvalue weighted by atomic mass is 9.99. The van der Waals surface area contributed by atoms with Gasteiger partial charge in [-0.3, -0.25) is 4.79 Å². The molecule has 1 aromatic rings. The summed E-state index contributed by atoms with van der Waals surface area (Å²) >= 11 is 0. The second-order valence-electron chi connectivity index (χ2n) is 5.54. The van der Waals surface area contributed by atoms with Crippen LogP contribution < -0.4 is 4.74 Å². The number of aliphatic carboxylic acids is 1. The molecule has 0 spiro atoms. The predicted molar refractivity (Wildman–Crippen MR) is 65.6 cm³/mol. The molecule has 1 fully saturated rings. The largest absolute Gasteiger partial charge is 0.496 e. The van der Waals surface area contributed by atoms with Crippen molar-refractivity contribution in [3.8, 4) is 5.75 Å². The van der Waals surface area contributed by atoms with Crippen LogP contribution in [-0.2, 0) is 11.0 Å². The van der Waals surface area contributed by atoms with Crippen LogP contribution in [0.2, 0.25) is 0 Å². The van der Waals surface area contributed by atoms with Gasteiger partial charge in [0.05, 0.1) is 18.6 Å². The number of carboxylic acid groups (broad SMARTS) is 1. The van der Waals surface area contributed by atoms with Crippen molar-refractivity contribution < 1.29 is 27.8 Å². The SMILES string of the molecule is COc1c(C2C(C(=O)O)C2(C)C)cccc1C(F)(F)F. The van der Waals surface area contributed by atoms with E-state index in [1.54, 1.807) is 13.8 Å². The van der Waals surface area contributed by atoms with Crippen LogP contribution in [-0.4, -0.2) is 18.2 Å². The molecule has 0 heterocycles. The molecule has 0 saturated heterocycles. The number of halogens is 3. The molecule has 2 unspecified atom stereocenters. The van der Waals surface area contributed by atoms with Crippen molar-refractivity contribution in [1.82, 2.24) is 0 Å². The summed E-state index contributed by atoms with van der Waals surface area (Å²) in [6, 6.07) is 3.73. The van der Waals surface area contributed by atoms with Crippen molar-refractivity contribution in [2.75, 3.05) is 7.11 Å². The Morgan fingerprint density at radius 2 is 1.95 bits per heavy atom. The number of carboxylic acids is 1. The minimum absolute atomic E-state index is 0.276. The van der Waals surface area contributed by atoms with Gasteiger partial charge < -0.3 is 9.84 Å². The minimum Gasteiger partial charge on any atom is -0.496 e. The van der Waals surface area contributed by atoms with Gasteiger partial charge in [0.2, 0.25) is 0 Å². The minimum atomic E-state index is -4.53. The van der Waals surface area contributed by atoms with Gasteiger partial charge >= 0.3 is 12.1 Å². The third-order valence-electron chi connectivity index (χ3n) is 3.98. The number of para-hydroxylation sites is 1. The predicted octanol–water partition coefficient (Wildman–Crippen LogP) is 3.54. The van der Waals surface area contributed by atoms with E-state index in [2.05, 4.69) is 0 Å². The van der Waals surface area contributed by atoms with Crippen LogP contribution >= 0.6 is 0 Å². The van der Waals surface area contributed by atoms with E-state index in [9.17, 15) is 18.0 Å². The van der Waals surface area contributed by atoms with E-state index < -0.39 is 35.0 Å². The smallest absolute Gasteiger partial charge is 0.419 e. The Morgan fingerprint density at radius 3 is 2.35 bits per heavy atom. The maximum absolute atomic E-state index is 13.0. The number of ether oxygens (including phenoxy) is 1. The highest BCUT2D eigenvalue weighted by molar-refractivity contribution is 5.78. The lowest BCUT2D eigenvalue weighted by Crippen LogP contribution is -2.09. The lowest BCUT2D eigenvalue weighted by molar-refractivity contribution is -0.139. The molecule has 1 aromatic carbocycles. The van der Waals surface area contributed by atoms with Gasteiger partial charge in [0.1, 0.15) is 5.75 Å². The summed E-state index contributed by atoms with van der Waals surface area (Å²) in [7, 11) is 1.17. The summed E-state index contributed by atoms with van der Waals surface area (Å²) < 4.78 is 43.8. The first kappa shape index (κ1) is 14.7. The van der Waals surface area contributed by atoms with Crippen molar-refractivity contribution in [2.45, 2.75) is 25.9 Å². The fourth-order valence-corrected chi connectivity index (χ4v) is 2.93. The van der Waals surface area contributed by atoms with Crippen molar-refractivity contribution in [2.24, 2.45) is 11.3 Å². The number of alkyl halides is 3. The Kier molecular flexibility index (Phi) is 3.23. The molecule has 3 nitrogen and oxygen atoms in total. The second-order valence-corrected chi connectivity index (χ2v) is 5.54. The maximum Gasteiger partial charge on any atom is 0.419 e. The first-order chi connectivity index (χ1) is 9.12. The number of hydrogen-bond acceptors (Lipinski definition) is 2. The topological polar surface area (TPSA) is 46.5 Å². The molecule has 0 aliphatic heterocycles. The number of hydrogen-bond donors (Lipinski definition) is 1. The zero-order chi connectivity index (χ0) is 15.3. The highest BCUT2D eigenvalue weighted by atomic mass is 19.4. The lowest BCUT2D eigenvalue weighted by Gasteiger charge is -2.16. The Hall–Kier alpha value is -1.72. The van der Waals surface area contributed by atoms with Gasteiger partial charge in [-0.05, 0) is 17.0 Å². The van der Waals surface area contributed by atoms with Gasteiger partial charge in [0.25, 0.3) is 0 Å². The Labute approximate surface area is 114 Å². The van der Waals surface area contributed by atoms with E-state index in [0.29, 0.717) is 5.56 Å². The summed E-state index contributed by atoms with van der Waals surface area (Å²) in [6.07, 6.45) is -4.53. The van der Waals surface area contributed by atoms with Crippen LogP contribution in [0.15, 0.2) is 18.2 Å². The average Bonchev–Trinajstić information content (AvgIpc) is 2.90. The van der Waals surface area contributed by atoms with Crippen LogP contribution in [0.25, 0.3) is 0 Å². The summed E-state index contributed by atoms with van der Waals surface area (Å²) in [4.78, 5) is 11.2. The molecule has 6 heteroatoms. The highest BCUT2D eigenvalue weighted by Gasteiger charge is 2.63. The van der Waals surface area contributed by atoms with Crippen LogP contribution in [0.1, 0.15) is 30.9 Å². The number of carbonyl (C=O) groups is 1. The molecule has 20 heavy (non-hydrogen) atoms. The van der Waals surface area contributed by atoms with Crippen LogP contribution in [0.5, 0.6) is 5.75 Å². The molecule has 1 N–H and O–H groups in total. The Morgan fingerprint density at radius 1 is 1.35 bits per heavy atom. The van der Waals surface area contributed by atoms with Crippen molar-refractivity contribution in [3.63, 3.8) is 0 Å². The Balaban J connectivity index is 2.52. The Bertz CT molecular complexity index is 549. The summed E-state index contributed by atoms with van der Waals surface area (Å²) in [5.41, 5.74) is -1.15. The fraction of sp³-hybridized carbons (Fsp3) is 0.500. The molecule has 1 aliphatic rings. The highest BCUT2D eigenvalue weighted by Crippen LogP contribution is 2.66. The van der Waals surface area contributed by atoms with Crippen molar-refractivity contribution in [3.05, 3.63) is 29.3 Å². The third-order valence-corrected chi connectivity index (χ3v) is 3.98. The molecule has 0 aromatic heterocycles. The molecule has 1 aliphatic carbocycles. The number of methoxy groups -OCH3 is 1. The molecule has 0 radical (unpaired) electrons. The van der Waals surface area contributed by atoms with E-state index in [4.69, 9.17) is 9.84 Å². The first-order valence-electron chi connectivity index (χ1n) is 6.09. The van der Waals surface area contributed by atoms with Gasteiger partial charge in [-0.2, -0.15) is 13.2 Å². The normalized spacial score (nSPS) is 24.3. The van der Waals surface area contributed by atoms with E-state index in [1.165, 1.54) is 19.2 Å². The molecular weight excluding hydrogens is 273 g/mol. The monoisotopic (exact) mass is 288 g/mol. The van der Waals surface area contributed by atoms with Gasteiger partial charge in [-0.15, -0.1) is 0 Å². The number of benzene rings is 1. The first-order valence-corrected chi connectivity index (χ1v) is 6.09. The van der Waals surface area contributed by atoms with Gasteiger partial charge in [-0.1, -0.05) is 26.0 Å². The summed E-state index contributed by atoms with van der Waals surface area (Å²) in [6.45, 7) is 3.46. The third kappa shape index (κ3) is 2.13. The zero-order valence-corrected chi connectivity index (χ0v) is 11.3. The molecule has 1 saturated carbocycles. The fourth-order valence-electron chi connectivity index (χ4n) is 2.93. The summed E-state index contributed by atoms with van der Waals surface area (Å²) in [5.74, 6) is -2.45.